The molecule has 0 amide bonds. The van der Waals surface area contributed by atoms with E-state index in [1.807, 2.05) is 24.3 Å². The number of rotatable bonds is 6. The Morgan fingerprint density at radius 3 is 2.44 bits per heavy atom. The van der Waals surface area contributed by atoms with Crippen molar-refractivity contribution in [2.45, 2.75) is 42.4 Å². The van der Waals surface area contributed by atoms with E-state index in [4.69, 9.17) is 4.74 Å². The zero-order valence-electron chi connectivity index (χ0n) is 19.7. The number of Topliss-reactive ketones (excluding diaryl/α,β-unsaturated/α-hetero) is 1. The van der Waals surface area contributed by atoms with Gasteiger partial charge in [-0.15, -0.1) is 0 Å². The van der Waals surface area contributed by atoms with Gasteiger partial charge in [0.15, 0.2) is 0 Å². The summed E-state index contributed by atoms with van der Waals surface area (Å²) in [5.74, 6) is -0.665. The molecule has 4 rings (SSSR count). The number of esters is 1. The fraction of sp³-hybridized carbons (Fsp3) is 0.250. The highest BCUT2D eigenvalue weighted by molar-refractivity contribution is 7.99. The van der Waals surface area contributed by atoms with Crippen molar-refractivity contribution >= 4 is 40.0 Å². The van der Waals surface area contributed by atoms with Gasteiger partial charge in [-0.25, -0.2) is 0 Å². The van der Waals surface area contributed by atoms with Gasteiger partial charge in [-0.1, -0.05) is 68.9 Å². The van der Waals surface area contributed by atoms with Crippen LogP contribution in [0.2, 0.25) is 0 Å². The Balaban J connectivity index is 1.75. The lowest BCUT2D eigenvalue weighted by atomic mass is 9.86. The normalized spacial score (nSPS) is 13.1. The van der Waals surface area contributed by atoms with Gasteiger partial charge in [0.05, 0.1) is 19.2 Å². The third kappa shape index (κ3) is 4.44. The molecule has 34 heavy (non-hydrogen) atoms. The van der Waals surface area contributed by atoms with E-state index >= 15 is 0 Å². The standard InChI is InChI=1S/C28H26N2O3S/c1-28(2,3)17-8-10-18(11-9-17)34-23-13-12-20-25-19(23)6-5-7-21(25)27(32)22(16-29)26(20)30-15-14-24(31)33-4/h5-13,30H,14-15H2,1-4H3. The summed E-state index contributed by atoms with van der Waals surface area (Å²) in [6.07, 6.45) is 0.135. The molecular formula is C28H26N2O3S. The maximum atomic E-state index is 13.2. The fourth-order valence-corrected chi connectivity index (χ4v) is 5.02. The van der Waals surface area contributed by atoms with Crippen molar-refractivity contribution in [3.05, 3.63) is 76.9 Å². The van der Waals surface area contributed by atoms with Crippen molar-refractivity contribution < 1.29 is 14.3 Å². The molecule has 3 aromatic carbocycles. The molecule has 0 fully saturated rings. The van der Waals surface area contributed by atoms with E-state index in [1.165, 1.54) is 12.7 Å². The summed E-state index contributed by atoms with van der Waals surface area (Å²) in [7, 11) is 1.33. The van der Waals surface area contributed by atoms with E-state index in [9.17, 15) is 14.9 Å². The molecule has 0 heterocycles. The Labute approximate surface area is 203 Å². The number of methoxy groups -OCH3 is 1. The number of allylic oxidation sites excluding steroid dienone is 1. The van der Waals surface area contributed by atoms with Crippen LogP contribution in [0.25, 0.3) is 16.5 Å². The van der Waals surface area contributed by atoms with Crippen molar-refractivity contribution in [1.82, 2.24) is 5.32 Å². The maximum absolute atomic E-state index is 13.2. The van der Waals surface area contributed by atoms with Crippen LogP contribution in [0.3, 0.4) is 0 Å². The van der Waals surface area contributed by atoms with Crippen LogP contribution in [0.1, 0.15) is 48.7 Å². The van der Waals surface area contributed by atoms with Crippen molar-refractivity contribution in [3.8, 4) is 6.07 Å². The van der Waals surface area contributed by atoms with Gasteiger partial charge >= 0.3 is 5.97 Å². The van der Waals surface area contributed by atoms with Crippen LogP contribution in [-0.4, -0.2) is 25.4 Å². The molecule has 0 radical (unpaired) electrons. The van der Waals surface area contributed by atoms with E-state index in [2.05, 4.69) is 56.4 Å². The van der Waals surface area contributed by atoms with Crippen LogP contribution >= 0.6 is 11.8 Å². The summed E-state index contributed by atoms with van der Waals surface area (Å²) < 4.78 is 4.70. The topological polar surface area (TPSA) is 79.2 Å². The molecule has 0 saturated heterocycles. The molecule has 0 bridgehead atoms. The van der Waals surface area contributed by atoms with Gasteiger partial charge in [-0.05, 0) is 34.6 Å². The van der Waals surface area contributed by atoms with Crippen molar-refractivity contribution in [2.75, 3.05) is 13.7 Å². The SMILES string of the molecule is COC(=O)CCNC1=C(C#N)C(=O)c2cccc3c(Sc4ccc(C(C)(C)C)cc4)ccc1c23. The number of hydrogen-bond donors (Lipinski definition) is 1. The number of benzene rings is 3. The minimum absolute atomic E-state index is 0.0584. The minimum atomic E-state index is -0.358. The molecule has 0 unspecified atom stereocenters. The number of nitrogens with zero attached hydrogens (tertiary/aromatic N) is 1. The van der Waals surface area contributed by atoms with Crippen LogP contribution in [0.4, 0.5) is 0 Å². The van der Waals surface area contributed by atoms with Crippen molar-refractivity contribution in [2.24, 2.45) is 0 Å². The Bertz CT molecular complexity index is 1360. The molecule has 0 saturated carbocycles. The highest BCUT2D eigenvalue weighted by Crippen LogP contribution is 2.41. The van der Waals surface area contributed by atoms with Gasteiger partial charge in [0, 0.05) is 32.8 Å². The van der Waals surface area contributed by atoms with E-state index in [0.717, 1.165) is 26.1 Å². The Morgan fingerprint density at radius 2 is 1.79 bits per heavy atom. The zero-order valence-corrected chi connectivity index (χ0v) is 20.5. The van der Waals surface area contributed by atoms with E-state index < -0.39 is 0 Å². The third-order valence-corrected chi connectivity index (χ3v) is 6.99. The predicted octanol–water partition coefficient (Wildman–Crippen LogP) is 5.87. The second-order valence-corrected chi connectivity index (χ2v) is 10.3. The van der Waals surface area contributed by atoms with Gasteiger partial charge < -0.3 is 10.1 Å². The molecule has 1 N–H and O–H groups in total. The highest BCUT2D eigenvalue weighted by Gasteiger charge is 2.28. The number of carbonyl (C=O) groups is 2. The van der Waals surface area contributed by atoms with Crippen LogP contribution < -0.4 is 5.32 Å². The van der Waals surface area contributed by atoms with Gasteiger partial charge in [-0.2, -0.15) is 5.26 Å². The summed E-state index contributed by atoms with van der Waals surface area (Å²) >= 11 is 1.65. The number of carbonyl (C=O) groups excluding carboxylic acids is 2. The first-order chi connectivity index (χ1) is 16.2. The maximum Gasteiger partial charge on any atom is 0.307 e. The smallest absolute Gasteiger partial charge is 0.307 e. The van der Waals surface area contributed by atoms with Crippen LogP contribution in [0.5, 0.6) is 0 Å². The Hall–Kier alpha value is -3.56. The Kier molecular flexibility index (Phi) is 6.49. The van der Waals surface area contributed by atoms with Gasteiger partial charge in [0.25, 0.3) is 0 Å². The largest absolute Gasteiger partial charge is 0.469 e. The lowest BCUT2D eigenvalue weighted by molar-refractivity contribution is -0.140. The number of hydrogen-bond acceptors (Lipinski definition) is 6. The highest BCUT2D eigenvalue weighted by atomic mass is 32.2. The molecule has 1 aliphatic rings. The van der Waals surface area contributed by atoms with Gasteiger partial charge in [0.1, 0.15) is 11.6 Å². The predicted molar refractivity (Wildman–Crippen MR) is 135 cm³/mol. The summed E-state index contributed by atoms with van der Waals surface area (Å²) in [5.41, 5.74) is 3.20. The molecule has 6 heteroatoms. The average Bonchev–Trinajstić information content (AvgIpc) is 2.82. The zero-order chi connectivity index (χ0) is 24.5. The van der Waals surface area contributed by atoms with Crippen LogP contribution in [-0.2, 0) is 14.9 Å². The second-order valence-electron chi connectivity index (χ2n) is 9.16. The summed E-state index contributed by atoms with van der Waals surface area (Å²) in [4.78, 5) is 26.9. The number of ether oxygens (including phenoxy) is 1. The summed E-state index contributed by atoms with van der Waals surface area (Å²) in [5, 5.41) is 14.6. The number of ketones is 1. The molecule has 0 spiro atoms. The average molecular weight is 471 g/mol. The fourth-order valence-electron chi connectivity index (χ4n) is 4.08. The molecule has 3 aromatic rings. The molecule has 5 nitrogen and oxygen atoms in total. The van der Waals surface area contributed by atoms with E-state index in [1.54, 1.807) is 17.8 Å². The molecule has 0 atom stereocenters. The lowest BCUT2D eigenvalue weighted by Crippen LogP contribution is -2.24. The first-order valence-corrected chi connectivity index (χ1v) is 11.9. The Morgan fingerprint density at radius 1 is 1.06 bits per heavy atom. The van der Waals surface area contributed by atoms with Crippen LogP contribution in [0, 0.1) is 11.3 Å². The first kappa shape index (κ1) is 23.6. The third-order valence-electron chi connectivity index (χ3n) is 5.91. The number of nitriles is 1. The molecule has 1 aliphatic carbocycles. The monoisotopic (exact) mass is 470 g/mol. The number of nitrogens with one attached hydrogen (secondary N) is 1. The van der Waals surface area contributed by atoms with Crippen LogP contribution in [0.15, 0.2) is 70.0 Å². The second kappa shape index (κ2) is 9.36. The first-order valence-electron chi connectivity index (χ1n) is 11.1. The summed E-state index contributed by atoms with van der Waals surface area (Å²) in [6.45, 7) is 6.84. The van der Waals surface area contributed by atoms with E-state index in [0.29, 0.717) is 11.3 Å². The molecule has 0 aromatic heterocycles. The summed E-state index contributed by atoms with van der Waals surface area (Å²) in [6, 6.07) is 20.2. The lowest BCUT2D eigenvalue weighted by Gasteiger charge is -2.22. The van der Waals surface area contributed by atoms with Gasteiger partial charge in [0.2, 0.25) is 5.78 Å². The van der Waals surface area contributed by atoms with E-state index in [-0.39, 0.29) is 35.7 Å². The van der Waals surface area contributed by atoms with Crippen molar-refractivity contribution in [1.29, 1.82) is 5.26 Å². The molecule has 0 aliphatic heterocycles. The molecular weight excluding hydrogens is 444 g/mol. The quantitative estimate of drug-likeness (QED) is 0.454. The minimum Gasteiger partial charge on any atom is -0.469 e. The van der Waals surface area contributed by atoms with Gasteiger partial charge in [-0.3, -0.25) is 9.59 Å². The molecule has 172 valence electrons. The van der Waals surface area contributed by atoms with Crippen molar-refractivity contribution in [3.63, 3.8) is 0 Å².